The van der Waals surface area contributed by atoms with Gasteiger partial charge in [-0.05, 0) is 49.3 Å². The van der Waals surface area contributed by atoms with Gasteiger partial charge in [0.25, 0.3) is 0 Å². The number of nitriles is 1. The maximum atomic E-state index is 9.15. The summed E-state index contributed by atoms with van der Waals surface area (Å²) in [7, 11) is 0. The fourth-order valence-corrected chi connectivity index (χ4v) is 2.99. The summed E-state index contributed by atoms with van der Waals surface area (Å²) in [6.45, 7) is 3.82. The van der Waals surface area contributed by atoms with Crippen molar-refractivity contribution in [3.63, 3.8) is 0 Å². The molecule has 9 heteroatoms. The Bertz CT molecular complexity index is 779. The summed E-state index contributed by atoms with van der Waals surface area (Å²) in [5, 5.41) is 26.0. The molecule has 1 fully saturated rings. The number of H-pyrrole nitrogens is 1. The lowest BCUT2D eigenvalue weighted by atomic mass is 10.1. The lowest BCUT2D eigenvalue weighted by molar-refractivity contribution is 0.183. The first-order chi connectivity index (χ1) is 12.8. The number of rotatable bonds is 7. The number of aromatic amines is 1. The first-order valence-electron chi connectivity index (χ1n) is 8.51. The predicted octanol–water partition coefficient (Wildman–Crippen LogP) is 2.69. The molecule has 0 atom stereocenters. The van der Waals surface area contributed by atoms with E-state index in [1.165, 1.54) is 25.5 Å². The summed E-state index contributed by atoms with van der Waals surface area (Å²) < 4.78 is 5.80. The highest BCUT2D eigenvalue weighted by Gasteiger charge is 2.10. The van der Waals surface area contributed by atoms with E-state index in [4.69, 9.17) is 21.6 Å². The van der Waals surface area contributed by atoms with Crippen LogP contribution in [0.3, 0.4) is 0 Å². The van der Waals surface area contributed by atoms with Gasteiger partial charge in [0.2, 0.25) is 5.82 Å². The smallest absolute Gasteiger partial charge is 0.216 e. The van der Waals surface area contributed by atoms with Crippen molar-refractivity contribution in [2.75, 3.05) is 31.6 Å². The van der Waals surface area contributed by atoms with Crippen LogP contribution in [0.5, 0.6) is 5.75 Å². The zero-order chi connectivity index (χ0) is 18.2. The van der Waals surface area contributed by atoms with E-state index in [1.807, 2.05) is 18.2 Å². The number of ether oxygens (including phenoxy) is 1. The Morgan fingerprint density at radius 3 is 2.92 bits per heavy atom. The molecule has 0 unspecified atom stereocenters. The predicted molar refractivity (Wildman–Crippen MR) is 98.6 cm³/mol. The zero-order valence-electron chi connectivity index (χ0n) is 14.3. The van der Waals surface area contributed by atoms with Crippen molar-refractivity contribution >= 4 is 22.9 Å². The molecule has 1 aliphatic heterocycles. The minimum atomic E-state index is 0.226. The SMILES string of the molecule is N#CC(=CNc1ccc(OCCN2CCCCC2)c(Cl)c1)c1nn[nH]n1. The standard InChI is InChI=1S/C17H20ClN7O/c18-15-10-14(20-12-13(11-19)17-21-23-24-22-17)4-5-16(15)26-9-8-25-6-2-1-3-7-25/h4-5,10,12,20H,1-3,6-9H2,(H,21,22,23,24). The number of nitrogens with zero attached hydrogens (tertiary/aromatic N) is 5. The van der Waals surface area contributed by atoms with E-state index in [2.05, 4.69) is 30.8 Å². The number of aromatic nitrogens is 4. The second-order valence-corrected chi connectivity index (χ2v) is 6.35. The van der Waals surface area contributed by atoms with Gasteiger partial charge in [-0.2, -0.15) is 10.5 Å². The van der Waals surface area contributed by atoms with Gasteiger partial charge in [0.05, 0.1) is 5.02 Å². The van der Waals surface area contributed by atoms with E-state index in [0.29, 0.717) is 17.4 Å². The van der Waals surface area contributed by atoms with Gasteiger partial charge in [-0.3, -0.25) is 4.90 Å². The number of likely N-dealkylation sites (tertiary alicyclic amines) is 1. The number of nitrogens with one attached hydrogen (secondary N) is 2. The van der Waals surface area contributed by atoms with E-state index in [-0.39, 0.29) is 11.4 Å². The summed E-state index contributed by atoms with van der Waals surface area (Å²) in [5.74, 6) is 0.876. The maximum Gasteiger partial charge on any atom is 0.216 e. The highest BCUT2D eigenvalue weighted by Crippen LogP contribution is 2.28. The Hall–Kier alpha value is -2.63. The quantitative estimate of drug-likeness (QED) is 0.719. The van der Waals surface area contributed by atoms with E-state index in [9.17, 15) is 0 Å². The molecule has 0 bridgehead atoms. The van der Waals surface area contributed by atoms with Gasteiger partial charge in [-0.1, -0.05) is 18.0 Å². The number of halogens is 1. The van der Waals surface area contributed by atoms with E-state index >= 15 is 0 Å². The topological polar surface area (TPSA) is 103 Å². The molecule has 26 heavy (non-hydrogen) atoms. The van der Waals surface area contributed by atoms with Crippen LogP contribution < -0.4 is 10.1 Å². The molecular formula is C17H20ClN7O. The van der Waals surface area contributed by atoms with Crippen molar-refractivity contribution in [2.24, 2.45) is 0 Å². The molecule has 1 aliphatic rings. The van der Waals surface area contributed by atoms with Gasteiger partial charge >= 0.3 is 0 Å². The molecule has 1 aromatic heterocycles. The summed E-state index contributed by atoms with van der Waals surface area (Å²) in [6, 6.07) is 7.41. The molecule has 2 heterocycles. The Kier molecular flexibility index (Phi) is 6.41. The van der Waals surface area contributed by atoms with E-state index in [1.54, 1.807) is 6.07 Å². The van der Waals surface area contributed by atoms with Crippen LogP contribution in [0.2, 0.25) is 5.02 Å². The summed E-state index contributed by atoms with van der Waals surface area (Å²) in [4.78, 5) is 2.42. The van der Waals surface area contributed by atoms with Crippen molar-refractivity contribution in [3.05, 3.63) is 35.2 Å². The minimum absolute atomic E-state index is 0.226. The summed E-state index contributed by atoms with van der Waals surface area (Å²) in [6.07, 6.45) is 5.37. The normalized spacial score (nSPS) is 15.5. The Morgan fingerprint density at radius 2 is 2.23 bits per heavy atom. The van der Waals surface area contributed by atoms with Gasteiger partial charge in [0.15, 0.2) is 0 Å². The molecule has 3 rings (SSSR count). The van der Waals surface area contributed by atoms with Crippen LogP contribution in [-0.4, -0.2) is 51.8 Å². The number of hydrogen-bond acceptors (Lipinski definition) is 7. The molecule has 136 valence electrons. The van der Waals surface area contributed by atoms with Crippen molar-refractivity contribution in [1.29, 1.82) is 5.26 Å². The molecule has 1 aromatic carbocycles. The molecule has 8 nitrogen and oxygen atoms in total. The molecule has 0 amide bonds. The largest absolute Gasteiger partial charge is 0.491 e. The Balaban J connectivity index is 1.54. The molecule has 0 spiro atoms. The average molecular weight is 374 g/mol. The van der Waals surface area contributed by atoms with Crippen molar-refractivity contribution in [2.45, 2.75) is 19.3 Å². The van der Waals surface area contributed by atoms with Crippen LogP contribution in [0.25, 0.3) is 5.57 Å². The van der Waals surface area contributed by atoms with Gasteiger partial charge in [0, 0.05) is 18.4 Å². The summed E-state index contributed by atoms with van der Waals surface area (Å²) >= 11 is 6.30. The van der Waals surface area contributed by atoms with Crippen molar-refractivity contribution in [3.8, 4) is 11.8 Å². The van der Waals surface area contributed by atoms with Crippen LogP contribution in [0.15, 0.2) is 24.4 Å². The lowest BCUT2D eigenvalue weighted by Crippen LogP contribution is -2.33. The second kappa shape index (κ2) is 9.17. The third-order valence-corrected chi connectivity index (χ3v) is 4.43. The summed E-state index contributed by atoms with van der Waals surface area (Å²) in [5.41, 5.74) is 0.992. The fraction of sp³-hybridized carbons (Fsp3) is 0.412. The van der Waals surface area contributed by atoms with Gasteiger partial charge in [-0.15, -0.1) is 10.2 Å². The molecule has 0 aliphatic carbocycles. The van der Waals surface area contributed by atoms with Crippen LogP contribution in [-0.2, 0) is 0 Å². The number of piperidine rings is 1. The van der Waals surface area contributed by atoms with Gasteiger partial charge < -0.3 is 10.1 Å². The number of allylic oxidation sites excluding steroid dienone is 1. The molecule has 0 radical (unpaired) electrons. The maximum absolute atomic E-state index is 9.15. The molecule has 2 N–H and O–H groups in total. The van der Waals surface area contributed by atoms with Crippen molar-refractivity contribution in [1.82, 2.24) is 25.5 Å². The van der Waals surface area contributed by atoms with Crippen LogP contribution in [0.1, 0.15) is 25.1 Å². The first kappa shape index (κ1) is 18.2. The Morgan fingerprint density at radius 1 is 1.38 bits per heavy atom. The van der Waals surface area contributed by atoms with E-state index < -0.39 is 0 Å². The molecule has 1 saturated heterocycles. The minimum Gasteiger partial charge on any atom is -0.491 e. The Labute approximate surface area is 156 Å². The van der Waals surface area contributed by atoms with Crippen LogP contribution in [0, 0.1) is 11.3 Å². The zero-order valence-corrected chi connectivity index (χ0v) is 15.0. The molecule has 2 aromatic rings. The van der Waals surface area contributed by atoms with Crippen molar-refractivity contribution < 1.29 is 4.74 Å². The number of anilines is 1. The van der Waals surface area contributed by atoms with Gasteiger partial charge in [-0.25, -0.2) is 0 Å². The number of tetrazole rings is 1. The fourth-order valence-electron chi connectivity index (χ4n) is 2.75. The van der Waals surface area contributed by atoms with E-state index in [0.717, 1.165) is 25.3 Å². The van der Waals surface area contributed by atoms with Crippen LogP contribution in [0.4, 0.5) is 5.69 Å². The number of hydrogen-bond donors (Lipinski definition) is 2. The first-order valence-corrected chi connectivity index (χ1v) is 8.89. The second-order valence-electron chi connectivity index (χ2n) is 5.95. The van der Waals surface area contributed by atoms with Crippen LogP contribution >= 0.6 is 11.6 Å². The third kappa shape index (κ3) is 4.94. The average Bonchev–Trinajstić information content (AvgIpc) is 3.19. The highest BCUT2D eigenvalue weighted by atomic mass is 35.5. The van der Waals surface area contributed by atoms with Gasteiger partial charge in [0.1, 0.15) is 24.0 Å². The third-order valence-electron chi connectivity index (χ3n) is 4.14. The molecule has 0 saturated carbocycles. The molecular weight excluding hydrogens is 354 g/mol. The monoisotopic (exact) mass is 373 g/mol. The lowest BCUT2D eigenvalue weighted by Gasteiger charge is -2.26. The highest BCUT2D eigenvalue weighted by molar-refractivity contribution is 6.32. The number of benzene rings is 1.